The molecule has 0 bridgehead atoms. The van der Waals surface area contributed by atoms with Crippen LogP contribution < -0.4 is 0 Å². The molecule has 0 aromatic carbocycles. The van der Waals surface area contributed by atoms with Crippen molar-refractivity contribution in [1.82, 2.24) is 9.80 Å². The summed E-state index contributed by atoms with van der Waals surface area (Å²) in [6.07, 6.45) is 5.59. The number of rotatable bonds is 4. The molecule has 2 fully saturated rings. The van der Waals surface area contributed by atoms with E-state index in [1.807, 2.05) is 11.4 Å². The first-order valence-corrected chi connectivity index (χ1v) is 8.04. The largest absolute Gasteiger partial charge is 0.478 e. The molecule has 0 saturated carbocycles. The Bertz CT molecular complexity index is 512. The molecule has 0 aliphatic carbocycles. The zero-order chi connectivity index (χ0) is 13.9. The topological polar surface area (TPSA) is 43.8 Å². The van der Waals surface area contributed by atoms with Gasteiger partial charge in [0.15, 0.2) is 0 Å². The predicted octanol–water partition coefficient (Wildman–Crippen LogP) is 2.13. The number of nitrogens with zero attached hydrogens (tertiary/aromatic N) is 2. The summed E-state index contributed by atoms with van der Waals surface area (Å²) in [6.45, 7) is 5.66. The lowest BCUT2D eigenvalue weighted by atomic mass is 10.1. The summed E-state index contributed by atoms with van der Waals surface area (Å²) in [4.78, 5) is 17.0. The lowest BCUT2D eigenvalue weighted by Crippen LogP contribution is -2.49. The van der Waals surface area contributed by atoms with Crippen LogP contribution in [0, 0.1) is 0 Å². The molecule has 4 nitrogen and oxygen atoms in total. The zero-order valence-electron chi connectivity index (χ0n) is 11.5. The predicted molar refractivity (Wildman–Crippen MR) is 80.9 cm³/mol. The minimum absolute atomic E-state index is 0.738. The van der Waals surface area contributed by atoms with E-state index in [-0.39, 0.29) is 0 Å². The molecule has 0 spiro atoms. The van der Waals surface area contributed by atoms with Gasteiger partial charge in [0, 0.05) is 43.2 Å². The van der Waals surface area contributed by atoms with E-state index in [0.29, 0.717) is 0 Å². The third-order valence-electron chi connectivity index (χ3n) is 4.22. The average molecular weight is 292 g/mol. The van der Waals surface area contributed by atoms with Gasteiger partial charge >= 0.3 is 5.97 Å². The Labute approximate surface area is 123 Å². The summed E-state index contributed by atoms with van der Waals surface area (Å²) >= 11 is 1.72. The van der Waals surface area contributed by atoms with Gasteiger partial charge in [0.25, 0.3) is 0 Å². The van der Waals surface area contributed by atoms with Crippen molar-refractivity contribution in [3.05, 3.63) is 28.0 Å². The fourth-order valence-electron chi connectivity index (χ4n) is 3.19. The van der Waals surface area contributed by atoms with Crippen LogP contribution in [0.4, 0.5) is 0 Å². The van der Waals surface area contributed by atoms with E-state index < -0.39 is 5.97 Å². The smallest absolute Gasteiger partial charge is 0.328 e. The molecule has 108 valence electrons. The highest BCUT2D eigenvalue weighted by molar-refractivity contribution is 7.10. The van der Waals surface area contributed by atoms with Crippen molar-refractivity contribution >= 4 is 23.4 Å². The second-order valence-electron chi connectivity index (χ2n) is 5.54. The van der Waals surface area contributed by atoms with Crippen molar-refractivity contribution in [2.75, 3.05) is 26.2 Å². The Morgan fingerprint density at radius 3 is 3.20 bits per heavy atom. The minimum atomic E-state index is -0.887. The van der Waals surface area contributed by atoms with Gasteiger partial charge in [-0.3, -0.25) is 9.80 Å². The van der Waals surface area contributed by atoms with Gasteiger partial charge in [-0.05, 0) is 42.5 Å². The zero-order valence-corrected chi connectivity index (χ0v) is 12.3. The van der Waals surface area contributed by atoms with Crippen molar-refractivity contribution in [3.63, 3.8) is 0 Å². The summed E-state index contributed by atoms with van der Waals surface area (Å²) < 4.78 is 0. The van der Waals surface area contributed by atoms with Crippen LogP contribution in [0.3, 0.4) is 0 Å². The van der Waals surface area contributed by atoms with Gasteiger partial charge in [-0.1, -0.05) is 0 Å². The summed E-state index contributed by atoms with van der Waals surface area (Å²) in [7, 11) is 0. The van der Waals surface area contributed by atoms with E-state index in [2.05, 4.69) is 9.80 Å². The van der Waals surface area contributed by atoms with Crippen LogP contribution in [0.1, 0.15) is 23.3 Å². The molecule has 2 saturated heterocycles. The van der Waals surface area contributed by atoms with E-state index in [4.69, 9.17) is 5.11 Å². The number of carbonyl (C=O) groups is 1. The van der Waals surface area contributed by atoms with Crippen LogP contribution in [0.25, 0.3) is 6.08 Å². The van der Waals surface area contributed by atoms with Gasteiger partial charge in [0.05, 0.1) is 0 Å². The molecule has 1 aromatic heterocycles. The molecule has 0 amide bonds. The van der Waals surface area contributed by atoms with E-state index in [1.54, 1.807) is 17.4 Å². The lowest BCUT2D eigenvalue weighted by molar-refractivity contribution is -0.131. The highest BCUT2D eigenvalue weighted by atomic mass is 32.1. The Balaban J connectivity index is 1.63. The third kappa shape index (κ3) is 3.11. The first-order chi connectivity index (χ1) is 9.72. The molecule has 20 heavy (non-hydrogen) atoms. The molecule has 2 aliphatic heterocycles. The molecular formula is C15H20N2O2S. The minimum Gasteiger partial charge on any atom is -0.478 e. The van der Waals surface area contributed by atoms with E-state index in [9.17, 15) is 4.79 Å². The molecule has 0 radical (unpaired) electrons. The maximum Gasteiger partial charge on any atom is 0.328 e. The molecule has 1 aromatic rings. The first kappa shape index (κ1) is 13.8. The SMILES string of the molecule is O=C(O)/C=C/c1ccsc1CN1CCN2CCCC2C1. The Kier molecular flexibility index (Phi) is 4.19. The van der Waals surface area contributed by atoms with Gasteiger partial charge in [-0.2, -0.15) is 0 Å². The fourth-order valence-corrected chi connectivity index (χ4v) is 4.10. The molecule has 3 rings (SSSR count). The van der Waals surface area contributed by atoms with Crippen LogP contribution in [-0.4, -0.2) is 53.1 Å². The van der Waals surface area contributed by atoms with Gasteiger partial charge in [-0.15, -0.1) is 11.3 Å². The average Bonchev–Trinajstić information content (AvgIpc) is 3.04. The number of piperazine rings is 1. The van der Waals surface area contributed by atoms with Gasteiger partial charge in [0.2, 0.25) is 0 Å². The molecule has 5 heteroatoms. The molecule has 2 aliphatic rings. The number of aliphatic carboxylic acids is 1. The third-order valence-corrected chi connectivity index (χ3v) is 5.15. The Morgan fingerprint density at radius 2 is 2.35 bits per heavy atom. The van der Waals surface area contributed by atoms with Crippen molar-refractivity contribution < 1.29 is 9.90 Å². The van der Waals surface area contributed by atoms with E-state index in [0.717, 1.165) is 31.2 Å². The highest BCUT2D eigenvalue weighted by Gasteiger charge is 2.30. The van der Waals surface area contributed by atoms with Gasteiger partial charge in [0.1, 0.15) is 0 Å². The number of thiophene rings is 1. The summed E-state index contributed by atoms with van der Waals surface area (Å²) in [5, 5.41) is 10.8. The maximum atomic E-state index is 10.6. The normalized spacial score (nSPS) is 24.3. The molecule has 1 unspecified atom stereocenters. The summed E-state index contributed by atoms with van der Waals surface area (Å²) in [6, 6.07) is 2.74. The molecular weight excluding hydrogens is 272 g/mol. The number of hydrogen-bond acceptors (Lipinski definition) is 4. The Hall–Kier alpha value is -1.17. The van der Waals surface area contributed by atoms with Crippen LogP contribution in [-0.2, 0) is 11.3 Å². The highest BCUT2D eigenvalue weighted by Crippen LogP contribution is 2.25. The number of hydrogen-bond donors (Lipinski definition) is 1. The number of fused-ring (bicyclic) bond motifs is 1. The van der Waals surface area contributed by atoms with Crippen LogP contribution in [0.15, 0.2) is 17.5 Å². The second-order valence-corrected chi connectivity index (χ2v) is 6.54. The van der Waals surface area contributed by atoms with Gasteiger partial charge < -0.3 is 5.11 Å². The van der Waals surface area contributed by atoms with Crippen molar-refractivity contribution in [2.45, 2.75) is 25.4 Å². The second kappa shape index (κ2) is 6.08. The van der Waals surface area contributed by atoms with Crippen LogP contribution >= 0.6 is 11.3 Å². The molecule has 1 N–H and O–H groups in total. The molecule has 1 atom stereocenters. The number of carboxylic acid groups (broad SMARTS) is 1. The quantitative estimate of drug-likeness (QED) is 0.863. The van der Waals surface area contributed by atoms with E-state index >= 15 is 0 Å². The lowest BCUT2D eigenvalue weighted by Gasteiger charge is -2.37. The monoisotopic (exact) mass is 292 g/mol. The standard InChI is InChI=1S/C15H20N2O2S/c18-15(19)4-3-12-5-9-20-14(12)11-16-7-8-17-6-1-2-13(17)10-16/h3-5,9,13H,1-2,6-8,10-11H2,(H,18,19)/b4-3+. The molecule has 3 heterocycles. The summed E-state index contributed by atoms with van der Waals surface area (Å²) in [5.74, 6) is -0.887. The van der Waals surface area contributed by atoms with Crippen molar-refractivity contribution in [3.8, 4) is 0 Å². The van der Waals surface area contributed by atoms with Crippen LogP contribution in [0.5, 0.6) is 0 Å². The Morgan fingerprint density at radius 1 is 1.45 bits per heavy atom. The number of carboxylic acids is 1. The summed E-state index contributed by atoms with van der Waals surface area (Å²) in [5.41, 5.74) is 1.05. The first-order valence-electron chi connectivity index (χ1n) is 7.16. The van der Waals surface area contributed by atoms with Crippen molar-refractivity contribution in [2.24, 2.45) is 0 Å². The van der Waals surface area contributed by atoms with E-state index in [1.165, 1.54) is 36.9 Å². The van der Waals surface area contributed by atoms with Gasteiger partial charge in [-0.25, -0.2) is 4.79 Å². The van der Waals surface area contributed by atoms with Crippen LogP contribution in [0.2, 0.25) is 0 Å². The van der Waals surface area contributed by atoms with Crippen molar-refractivity contribution in [1.29, 1.82) is 0 Å². The fraction of sp³-hybridized carbons (Fsp3) is 0.533. The maximum absolute atomic E-state index is 10.6.